The van der Waals surface area contributed by atoms with E-state index in [2.05, 4.69) is 15.3 Å². The first kappa shape index (κ1) is 14.9. The molecule has 0 spiro atoms. The van der Waals surface area contributed by atoms with E-state index < -0.39 is 17.8 Å². The molecule has 1 unspecified atom stereocenters. The number of azide groups is 1. The Labute approximate surface area is 109 Å². The number of halogens is 1. The zero-order valence-corrected chi connectivity index (χ0v) is 10.5. The van der Waals surface area contributed by atoms with Gasteiger partial charge in [-0.15, -0.1) is 0 Å². The van der Waals surface area contributed by atoms with Crippen LogP contribution in [0.3, 0.4) is 0 Å². The van der Waals surface area contributed by atoms with Gasteiger partial charge in [0.15, 0.2) is 0 Å². The van der Waals surface area contributed by atoms with Crippen molar-refractivity contribution < 1.29 is 14.3 Å². The van der Waals surface area contributed by atoms with Gasteiger partial charge in [0.25, 0.3) is 0 Å². The van der Waals surface area contributed by atoms with Crippen LogP contribution in [0.5, 0.6) is 0 Å². The van der Waals surface area contributed by atoms with Gasteiger partial charge in [0.2, 0.25) is 0 Å². The van der Waals surface area contributed by atoms with Gasteiger partial charge in [0.05, 0.1) is 0 Å². The van der Waals surface area contributed by atoms with Crippen LogP contribution >= 0.6 is 0 Å². The highest BCUT2D eigenvalue weighted by Gasteiger charge is 2.20. The average Bonchev–Trinajstić information content (AvgIpc) is 2.35. The normalized spacial score (nSPS) is 11.7. The molecule has 0 aromatic heterocycles. The smallest absolute Gasteiger partial charge is 0.325 e. The summed E-state index contributed by atoms with van der Waals surface area (Å²) >= 11 is 0. The first-order chi connectivity index (χ1) is 9.06. The lowest BCUT2D eigenvalue weighted by molar-refractivity contribution is -0.139. The number of hydrogen-bond donors (Lipinski definition) is 2. The van der Waals surface area contributed by atoms with E-state index in [1.807, 2.05) is 0 Å². The van der Waals surface area contributed by atoms with Crippen molar-refractivity contribution in [1.29, 1.82) is 0 Å². The van der Waals surface area contributed by atoms with Gasteiger partial charge in [0.1, 0.15) is 11.9 Å². The van der Waals surface area contributed by atoms with Crippen molar-refractivity contribution in [2.24, 2.45) is 5.11 Å². The first-order valence-electron chi connectivity index (χ1n) is 5.79. The van der Waals surface area contributed by atoms with Gasteiger partial charge in [-0.25, -0.2) is 4.39 Å². The molecule has 0 radical (unpaired) electrons. The van der Waals surface area contributed by atoms with Crippen molar-refractivity contribution in [1.82, 2.24) is 5.32 Å². The molecule has 0 fully saturated rings. The quantitative estimate of drug-likeness (QED) is 0.343. The Hall–Kier alpha value is -2.11. The Morgan fingerprint density at radius 2 is 2.37 bits per heavy atom. The van der Waals surface area contributed by atoms with Crippen LogP contribution < -0.4 is 5.32 Å². The van der Waals surface area contributed by atoms with Crippen molar-refractivity contribution in [2.45, 2.75) is 19.4 Å². The van der Waals surface area contributed by atoms with E-state index in [9.17, 15) is 14.3 Å². The van der Waals surface area contributed by atoms with Gasteiger partial charge >= 0.3 is 5.97 Å². The Morgan fingerprint density at radius 1 is 1.63 bits per heavy atom. The third-order valence-electron chi connectivity index (χ3n) is 2.64. The third kappa shape index (κ3) is 4.57. The molecule has 0 amide bonds. The standard InChI is InChI=1S/C12H15FN4O2/c1-8-7-9(13)3-4-10(8)11(12(18)19)15-5-2-6-16-17-14/h3-4,7,11,15H,2,5-6H2,1H3,(H,18,19). The fourth-order valence-corrected chi connectivity index (χ4v) is 1.73. The van der Waals surface area contributed by atoms with Crippen LogP contribution in [-0.4, -0.2) is 24.2 Å². The summed E-state index contributed by atoms with van der Waals surface area (Å²) in [4.78, 5) is 13.8. The fraction of sp³-hybridized carbons (Fsp3) is 0.417. The summed E-state index contributed by atoms with van der Waals surface area (Å²) in [5, 5.41) is 15.4. The van der Waals surface area contributed by atoms with Gasteiger partial charge in [-0.05, 0) is 48.7 Å². The van der Waals surface area contributed by atoms with Crippen LogP contribution in [0.4, 0.5) is 4.39 Å². The largest absolute Gasteiger partial charge is 0.480 e. The number of aliphatic carboxylic acids is 1. The van der Waals surface area contributed by atoms with Crippen LogP contribution in [0.25, 0.3) is 10.4 Å². The molecule has 0 aliphatic rings. The summed E-state index contributed by atoms with van der Waals surface area (Å²) in [6.45, 7) is 2.36. The number of nitrogens with one attached hydrogen (secondary N) is 1. The van der Waals surface area contributed by atoms with Crippen molar-refractivity contribution in [3.63, 3.8) is 0 Å². The minimum atomic E-state index is -1.03. The van der Waals surface area contributed by atoms with E-state index in [1.54, 1.807) is 6.92 Å². The lowest BCUT2D eigenvalue weighted by atomic mass is 10.0. The molecule has 0 aliphatic carbocycles. The Balaban J connectivity index is 2.71. The molecular formula is C12H15FN4O2. The Kier molecular flexibility index (Phi) is 5.78. The predicted octanol–water partition coefficient (Wildman–Crippen LogP) is 2.55. The lowest BCUT2D eigenvalue weighted by Gasteiger charge is -2.16. The summed E-state index contributed by atoms with van der Waals surface area (Å²) in [6.07, 6.45) is 0.536. The summed E-state index contributed by atoms with van der Waals surface area (Å²) in [7, 11) is 0. The van der Waals surface area contributed by atoms with Gasteiger partial charge in [-0.1, -0.05) is 11.2 Å². The van der Waals surface area contributed by atoms with Gasteiger partial charge in [-0.3, -0.25) is 4.79 Å². The van der Waals surface area contributed by atoms with E-state index in [0.717, 1.165) is 0 Å². The Morgan fingerprint density at radius 3 is 2.95 bits per heavy atom. The molecule has 1 aromatic rings. The fourth-order valence-electron chi connectivity index (χ4n) is 1.73. The molecule has 7 heteroatoms. The van der Waals surface area contributed by atoms with Crippen molar-refractivity contribution in [3.05, 3.63) is 45.6 Å². The Bertz CT molecular complexity index is 501. The molecule has 2 N–H and O–H groups in total. The molecule has 1 atom stereocenters. The number of benzene rings is 1. The average molecular weight is 266 g/mol. The maximum Gasteiger partial charge on any atom is 0.325 e. The zero-order valence-electron chi connectivity index (χ0n) is 10.5. The SMILES string of the molecule is Cc1cc(F)ccc1C(NCCCN=[N+]=[N-])C(=O)O. The van der Waals surface area contributed by atoms with Gasteiger partial charge in [-0.2, -0.15) is 0 Å². The van der Waals surface area contributed by atoms with E-state index >= 15 is 0 Å². The highest BCUT2D eigenvalue weighted by Crippen LogP contribution is 2.19. The van der Waals surface area contributed by atoms with Crippen molar-refractivity contribution >= 4 is 5.97 Å². The second kappa shape index (κ2) is 7.35. The van der Waals surface area contributed by atoms with E-state index in [1.165, 1.54) is 18.2 Å². The molecular weight excluding hydrogens is 251 g/mol. The third-order valence-corrected chi connectivity index (χ3v) is 2.64. The monoisotopic (exact) mass is 266 g/mol. The summed E-state index contributed by atoms with van der Waals surface area (Å²) < 4.78 is 13.0. The van der Waals surface area contributed by atoms with Crippen LogP contribution in [-0.2, 0) is 4.79 Å². The number of rotatable bonds is 7. The number of carbonyl (C=O) groups is 1. The maximum atomic E-state index is 13.0. The number of nitrogens with zero attached hydrogens (tertiary/aromatic N) is 3. The predicted molar refractivity (Wildman–Crippen MR) is 68.1 cm³/mol. The van der Waals surface area contributed by atoms with Crippen LogP contribution in [0.2, 0.25) is 0 Å². The number of carboxylic acid groups (broad SMARTS) is 1. The number of hydrogen-bond acceptors (Lipinski definition) is 3. The molecule has 0 saturated carbocycles. The summed E-state index contributed by atoms with van der Waals surface area (Å²) in [6, 6.07) is 3.10. The summed E-state index contributed by atoms with van der Waals surface area (Å²) in [5.74, 6) is -1.42. The number of aryl methyl sites for hydroxylation is 1. The van der Waals surface area contributed by atoms with E-state index in [-0.39, 0.29) is 0 Å². The van der Waals surface area contributed by atoms with Crippen LogP contribution in [0, 0.1) is 12.7 Å². The highest BCUT2D eigenvalue weighted by atomic mass is 19.1. The van der Waals surface area contributed by atoms with Crippen molar-refractivity contribution in [2.75, 3.05) is 13.1 Å². The van der Waals surface area contributed by atoms with Crippen molar-refractivity contribution in [3.8, 4) is 0 Å². The van der Waals surface area contributed by atoms with E-state index in [0.29, 0.717) is 30.6 Å². The van der Waals surface area contributed by atoms with Crippen LogP contribution in [0.15, 0.2) is 23.3 Å². The van der Waals surface area contributed by atoms with Crippen LogP contribution in [0.1, 0.15) is 23.6 Å². The summed E-state index contributed by atoms with van der Waals surface area (Å²) in [5.41, 5.74) is 9.22. The molecule has 0 aliphatic heterocycles. The maximum absolute atomic E-state index is 13.0. The molecule has 0 heterocycles. The second-order valence-corrected chi connectivity index (χ2v) is 4.03. The minimum Gasteiger partial charge on any atom is -0.480 e. The molecule has 6 nitrogen and oxygen atoms in total. The van der Waals surface area contributed by atoms with Gasteiger partial charge < -0.3 is 10.4 Å². The molecule has 1 aromatic carbocycles. The highest BCUT2D eigenvalue weighted by molar-refractivity contribution is 5.76. The molecule has 19 heavy (non-hydrogen) atoms. The molecule has 102 valence electrons. The van der Waals surface area contributed by atoms with Gasteiger partial charge in [0, 0.05) is 11.5 Å². The molecule has 0 saturated heterocycles. The lowest BCUT2D eigenvalue weighted by Crippen LogP contribution is -2.30. The zero-order chi connectivity index (χ0) is 14.3. The molecule has 1 rings (SSSR count). The topological polar surface area (TPSA) is 98.1 Å². The second-order valence-electron chi connectivity index (χ2n) is 4.03. The minimum absolute atomic E-state index is 0.304. The number of carboxylic acids is 1. The molecule has 0 bridgehead atoms. The van der Waals surface area contributed by atoms with E-state index in [4.69, 9.17) is 5.53 Å². The first-order valence-corrected chi connectivity index (χ1v) is 5.79.